The van der Waals surface area contributed by atoms with Crippen LogP contribution in [-0.2, 0) is 3.07 Å². The number of nitrogens with one attached hydrogen (secondary N) is 1. The van der Waals surface area contributed by atoms with Crippen LogP contribution in [0.3, 0.4) is 0 Å². The summed E-state index contributed by atoms with van der Waals surface area (Å²) in [6.45, 7) is 2.12. The van der Waals surface area contributed by atoms with E-state index in [1.807, 2.05) is 0 Å². The zero-order chi connectivity index (χ0) is 11.8. The summed E-state index contributed by atoms with van der Waals surface area (Å²) in [5.74, 6) is 0. The first-order chi connectivity index (χ1) is 7.72. The van der Waals surface area contributed by atoms with Crippen molar-refractivity contribution in [1.29, 1.82) is 0 Å². The van der Waals surface area contributed by atoms with E-state index in [1.165, 1.54) is 0 Å². The number of hydrogen-bond acceptors (Lipinski definition) is 3. The molecule has 16 heavy (non-hydrogen) atoms. The van der Waals surface area contributed by atoms with Crippen molar-refractivity contribution < 1.29 is 7.86 Å². The zero-order valence-electron chi connectivity index (χ0n) is 9.23. The first-order valence-corrected chi connectivity index (χ1v) is 7.78. The van der Waals surface area contributed by atoms with E-state index in [0.717, 1.165) is 17.3 Å². The predicted octanol–water partition coefficient (Wildman–Crippen LogP) is 3.24. The number of alkyl halides is 1. The summed E-state index contributed by atoms with van der Waals surface area (Å²) in [4.78, 5) is 11.3. The van der Waals surface area contributed by atoms with Crippen LogP contribution >= 0.6 is 21.6 Å². The van der Waals surface area contributed by atoms with Crippen molar-refractivity contribution in [3.63, 3.8) is 0 Å². The molecule has 0 radical (unpaired) electrons. The molecule has 0 aromatic heterocycles. The zero-order valence-corrected chi connectivity index (χ0v) is 11.6. The molecule has 0 aliphatic carbocycles. The van der Waals surface area contributed by atoms with Crippen molar-refractivity contribution >= 4 is 39.1 Å². The Morgan fingerprint density at radius 1 is 1.56 bits per heavy atom. The maximum atomic E-state index is 11.3. The van der Waals surface area contributed by atoms with Crippen LogP contribution in [0.15, 0.2) is 24.3 Å². The van der Waals surface area contributed by atoms with Crippen LogP contribution in [0.4, 0.5) is 16.2 Å². The number of unbranched alkanes of at least 4 members (excludes halogenated alkanes) is 1. The molecule has 0 bridgehead atoms. The summed E-state index contributed by atoms with van der Waals surface area (Å²) in [5, 5.41) is 2.65. The molecule has 1 aromatic rings. The molecule has 1 amide bonds. The van der Waals surface area contributed by atoms with Crippen molar-refractivity contribution in [2.45, 2.75) is 19.8 Å². The topological polar surface area (TPSA) is 64.3 Å². The molecular weight excluding hydrogens is 319 g/mol. The standard InChI is InChI=1S/C11H17IN2O2/c1-2-3-7-12-16-11(15)14-10-6-4-5-9(13)8-10/h4-6,8,12H,2-3,7,13H2,1H3,(H,14,15). The van der Waals surface area contributed by atoms with Crippen molar-refractivity contribution in [2.75, 3.05) is 15.5 Å². The van der Waals surface area contributed by atoms with Crippen molar-refractivity contribution in [3.8, 4) is 0 Å². The van der Waals surface area contributed by atoms with Gasteiger partial charge in [-0.1, -0.05) is 0 Å². The summed E-state index contributed by atoms with van der Waals surface area (Å²) in [6, 6.07) is 7.04. The van der Waals surface area contributed by atoms with Gasteiger partial charge in [0.05, 0.1) is 0 Å². The van der Waals surface area contributed by atoms with Crippen molar-refractivity contribution in [1.82, 2.24) is 0 Å². The third-order valence-electron chi connectivity index (χ3n) is 1.85. The normalized spacial score (nSPS) is 10.1. The molecule has 0 aliphatic heterocycles. The molecule has 0 saturated carbocycles. The number of nitrogens with two attached hydrogens (primary N) is 1. The summed E-state index contributed by atoms with van der Waals surface area (Å²) in [7, 11) is 0. The Hall–Kier alpha value is -0.980. The van der Waals surface area contributed by atoms with Gasteiger partial charge < -0.3 is 0 Å². The number of amides is 1. The molecule has 5 heteroatoms. The van der Waals surface area contributed by atoms with Crippen LogP contribution in [0.25, 0.3) is 0 Å². The minimum absolute atomic E-state index is 0.371. The van der Waals surface area contributed by atoms with E-state index in [1.54, 1.807) is 24.3 Å². The number of anilines is 2. The Morgan fingerprint density at radius 2 is 2.38 bits per heavy atom. The fraction of sp³-hybridized carbons (Fsp3) is 0.364. The third-order valence-corrected chi connectivity index (χ3v) is 3.92. The fourth-order valence-corrected chi connectivity index (χ4v) is 2.88. The maximum absolute atomic E-state index is 11.3. The van der Waals surface area contributed by atoms with Gasteiger partial charge in [0.1, 0.15) is 0 Å². The first kappa shape index (κ1) is 13.1. The summed E-state index contributed by atoms with van der Waals surface area (Å²) in [5.41, 5.74) is 6.89. The summed E-state index contributed by atoms with van der Waals surface area (Å²) < 4.78 is 6.16. The number of nitrogen functional groups attached to an aromatic ring is 1. The van der Waals surface area contributed by atoms with E-state index in [-0.39, 0.29) is 6.09 Å². The second kappa shape index (κ2) is 7.32. The Labute approximate surface area is 106 Å². The second-order valence-corrected chi connectivity index (χ2v) is 5.61. The average molecular weight is 336 g/mol. The predicted molar refractivity (Wildman–Crippen MR) is 76.1 cm³/mol. The van der Waals surface area contributed by atoms with Gasteiger partial charge in [-0.15, -0.1) is 0 Å². The van der Waals surface area contributed by atoms with Crippen LogP contribution < -0.4 is 11.1 Å². The van der Waals surface area contributed by atoms with E-state index in [0.29, 0.717) is 11.4 Å². The second-order valence-electron chi connectivity index (χ2n) is 3.30. The quantitative estimate of drug-likeness (QED) is 0.376. The van der Waals surface area contributed by atoms with E-state index < -0.39 is 21.6 Å². The molecule has 1 aromatic carbocycles. The third kappa shape index (κ3) is 5.20. The summed E-state index contributed by atoms with van der Waals surface area (Å²) >= 11 is -0.641. The molecule has 4 nitrogen and oxygen atoms in total. The van der Waals surface area contributed by atoms with Crippen LogP contribution in [0.1, 0.15) is 19.8 Å². The van der Waals surface area contributed by atoms with Gasteiger partial charge in [-0.3, -0.25) is 0 Å². The van der Waals surface area contributed by atoms with E-state index in [9.17, 15) is 4.79 Å². The molecule has 90 valence electrons. The van der Waals surface area contributed by atoms with Gasteiger partial charge >= 0.3 is 106 Å². The molecule has 0 fully saturated rings. The SMILES string of the molecule is CCCC[IH]OC(=O)Nc1cccc(N)c1. The van der Waals surface area contributed by atoms with Gasteiger partial charge in [-0.25, -0.2) is 0 Å². The molecule has 0 heterocycles. The number of carbonyl (C=O) groups excluding carboxylic acids is 1. The molecule has 1 rings (SSSR count). The average Bonchev–Trinajstić information content (AvgIpc) is 2.24. The molecule has 3 N–H and O–H groups in total. The first-order valence-electron chi connectivity index (χ1n) is 5.18. The van der Waals surface area contributed by atoms with Crippen LogP contribution in [0.5, 0.6) is 0 Å². The number of halogens is 1. The van der Waals surface area contributed by atoms with Gasteiger partial charge in [0.2, 0.25) is 0 Å². The molecule has 0 atom stereocenters. The number of rotatable bonds is 5. The molecule has 0 saturated heterocycles. The van der Waals surface area contributed by atoms with E-state index >= 15 is 0 Å². The molecule has 0 aliphatic rings. The Kier molecular flexibility index (Phi) is 5.99. The monoisotopic (exact) mass is 336 g/mol. The van der Waals surface area contributed by atoms with Gasteiger partial charge in [-0.05, 0) is 0 Å². The minimum atomic E-state index is -0.641. The summed E-state index contributed by atoms with van der Waals surface area (Å²) in [6.07, 6.45) is 1.91. The van der Waals surface area contributed by atoms with Crippen LogP contribution in [0.2, 0.25) is 0 Å². The van der Waals surface area contributed by atoms with Crippen LogP contribution in [0, 0.1) is 0 Å². The van der Waals surface area contributed by atoms with E-state index in [4.69, 9.17) is 8.80 Å². The van der Waals surface area contributed by atoms with E-state index in [2.05, 4.69) is 12.2 Å². The Balaban J connectivity index is 2.29. The van der Waals surface area contributed by atoms with Crippen molar-refractivity contribution in [3.05, 3.63) is 24.3 Å². The van der Waals surface area contributed by atoms with Crippen molar-refractivity contribution in [2.24, 2.45) is 0 Å². The molecule has 0 spiro atoms. The van der Waals surface area contributed by atoms with Gasteiger partial charge in [0.15, 0.2) is 0 Å². The number of carbonyl (C=O) groups is 1. The Morgan fingerprint density at radius 3 is 3.06 bits per heavy atom. The fourth-order valence-electron chi connectivity index (χ4n) is 1.05. The van der Waals surface area contributed by atoms with Crippen LogP contribution in [-0.4, -0.2) is 10.5 Å². The van der Waals surface area contributed by atoms with Gasteiger partial charge in [0, 0.05) is 0 Å². The van der Waals surface area contributed by atoms with Gasteiger partial charge in [-0.2, -0.15) is 0 Å². The molecular formula is C11H17IN2O2. The number of hydrogen-bond donors (Lipinski definition) is 2. The Bertz CT molecular complexity index is 345. The number of benzene rings is 1. The van der Waals surface area contributed by atoms with Gasteiger partial charge in [0.25, 0.3) is 0 Å². The molecule has 0 unspecified atom stereocenters.